The Morgan fingerprint density at radius 1 is 1.11 bits per heavy atom. The number of nitrogens with zero attached hydrogens (tertiary/aromatic N) is 1. The van der Waals surface area contributed by atoms with Crippen LogP contribution in [0.25, 0.3) is 0 Å². The molecule has 1 fully saturated rings. The van der Waals surface area contributed by atoms with Crippen LogP contribution in [-0.2, 0) is 6.42 Å². The van der Waals surface area contributed by atoms with Crippen molar-refractivity contribution in [3.63, 3.8) is 0 Å². The van der Waals surface area contributed by atoms with Crippen LogP contribution in [0, 0.1) is 0 Å². The second-order valence-corrected chi connectivity index (χ2v) is 5.50. The molecule has 1 heterocycles. The molecule has 0 aliphatic carbocycles. The molecule has 2 nitrogen and oxygen atoms in total. The summed E-state index contributed by atoms with van der Waals surface area (Å²) >= 11 is 0. The number of nitrogens with two attached hydrogens (primary N) is 1. The molecule has 2 heteroatoms. The van der Waals surface area contributed by atoms with Gasteiger partial charge in [-0.3, -0.25) is 4.90 Å². The molecule has 2 unspecified atom stereocenters. The van der Waals surface area contributed by atoms with Gasteiger partial charge in [-0.25, -0.2) is 0 Å². The molecule has 0 radical (unpaired) electrons. The summed E-state index contributed by atoms with van der Waals surface area (Å²) in [7, 11) is 0. The van der Waals surface area contributed by atoms with E-state index in [1.165, 1.54) is 43.5 Å². The van der Waals surface area contributed by atoms with Gasteiger partial charge in [0, 0.05) is 12.1 Å². The first-order valence-corrected chi connectivity index (χ1v) is 7.31. The van der Waals surface area contributed by atoms with Gasteiger partial charge in [0.1, 0.15) is 0 Å². The van der Waals surface area contributed by atoms with Crippen molar-refractivity contribution < 1.29 is 0 Å². The largest absolute Gasteiger partial charge is 0.326 e. The maximum atomic E-state index is 6.23. The third-order valence-corrected chi connectivity index (χ3v) is 4.01. The van der Waals surface area contributed by atoms with Crippen molar-refractivity contribution in [1.82, 2.24) is 4.90 Å². The van der Waals surface area contributed by atoms with Crippen LogP contribution < -0.4 is 5.73 Å². The molecule has 2 atom stereocenters. The zero-order chi connectivity index (χ0) is 13.0. The number of aryl methyl sites for hydroxylation is 1. The first-order chi connectivity index (χ1) is 8.72. The highest BCUT2D eigenvalue weighted by atomic mass is 15.2. The van der Waals surface area contributed by atoms with Gasteiger partial charge < -0.3 is 5.73 Å². The van der Waals surface area contributed by atoms with Crippen LogP contribution in [0.4, 0.5) is 0 Å². The number of rotatable bonds is 4. The predicted molar refractivity (Wildman–Crippen MR) is 77.6 cm³/mol. The molecular formula is C16H26N2. The van der Waals surface area contributed by atoms with Gasteiger partial charge in [-0.15, -0.1) is 0 Å². The fraction of sp³-hybridized carbons (Fsp3) is 0.625. The van der Waals surface area contributed by atoms with E-state index >= 15 is 0 Å². The fourth-order valence-corrected chi connectivity index (χ4v) is 2.99. The first kappa shape index (κ1) is 13.6. The summed E-state index contributed by atoms with van der Waals surface area (Å²) < 4.78 is 0. The van der Waals surface area contributed by atoms with Crippen molar-refractivity contribution in [3.05, 3.63) is 35.4 Å². The van der Waals surface area contributed by atoms with Crippen molar-refractivity contribution in [2.45, 2.75) is 51.6 Å². The predicted octanol–water partition coefficient (Wildman–Crippen LogP) is 3.12. The first-order valence-electron chi connectivity index (χ1n) is 7.31. The Hall–Kier alpha value is -0.860. The quantitative estimate of drug-likeness (QED) is 0.884. The van der Waals surface area contributed by atoms with E-state index in [0.29, 0.717) is 6.04 Å². The molecule has 1 aliphatic rings. The van der Waals surface area contributed by atoms with Gasteiger partial charge in [0.2, 0.25) is 0 Å². The van der Waals surface area contributed by atoms with Crippen LogP contribution in [0.2, 0.25) is 0 Å². The van der Waals surface area contributed by atoms with Crippen molar-refractivity contribution in [3.8, 4) is 0 Å². The molecule has 0 amide bonds. The van der Waals surface area contributed by atoms with Crippen molar-refractivity contribution >= 4 is 0 Å². The van der Waals surface area contributed by atoms with Crippen molar-refractivity contribution in [1.29, 1.82) is 0 Å². The zero-order valence-corrected chi connectivity index (χ0v) is 11.7. The van der Waals surface area contributed by atoms with E-state index in [0.717, 1.165) is 6.42 Å². The standard InChI is InChI=1S/C16H26N2/c1-3-14-7-9-15(10-8-14)16(13(2)17)18-11-5-4-6-12-18/h7-10,13,16H,3-6,11-12,17H2,1-2H3. The number of piperidine rings is 1. The minimum atomic E-state index is 0.190. The molecule has 1 aromatic rings. The van der Waals surface area contributed by atoms with E-state index in [9.17, 15) is 0 Å². The maximum Gasteiger partial charge on any atom is 0.0496 e. The topological polar surface area (TPSA) is 29.3 Å². The Balaban J connectivity index is 2.17. The smallest absolute Gasteiger partial charge is 0.0496 e. The Labute approximate surface area is 111 Å². The third-order valence-electron chi connectivity index (χ3n) is 4.01. The highest BCUT2D eigenvalue weighted by Gasteiger charge is 2.25. The molecule has 0 bridgehead atoms. The lowest BCUT2D eigenvalue weighted by Crippen LogP contribution is -2.42. The molecule has 2 N–H and O–H groups in total. The lowest BCUT2D eigenvalue weighted by Gasteiger charge is -2.37. The van der Waals surface area contributed by atoms with Crippen molar-refractivity contribution in [2.75, 3.05) is 13.1 Å². The molecule has 2 rings (SSSR count). The molecule has 0 aromatic heterocycles. The molecule has 0 saturated carbocycles. The van der Waals surface area contributed by atoms with Gasteiger partial charge in [-0.2, -0.15) is 0 Å². The summed E-state index contributed by atoms with van der Waals surface area (Å²) in [5.74, 6) is 0. The van der Waals surface area contributed by atoms with Crippen LogP contribution in [-0.4, -0.2) is 24.0 Å². The van der Waals surface area contributed by atoms with E-state index in [2.05, 4.69) is 43.0 Å². The molecule has 1 aromatic carbocycles. The summed E-state index contributed by atoms with van der Waals surface area (Å²) in [6, 6.07) is 9.60. The molecule has 1 aliphatic heterocycles. The summed E-state index contributed by atoms with van der Waals surface area (Å²) in [5, 5.41) is 0. The van der Waals surface area contributed by atoms with Crippen LogP contribution in [0.1, 0.15) is 50.3 Å². The monoisotopic (exact) mass is 246 g/mol. The Kier molecular flexibility index (Phi) is 4.79. The average molecular weight is 246 g/mol. The van der Waals surface area contributed by atoms with Crippen LogP contribution in [0.5, 0.6) is 0 Å². The zero-order valence-electron chi connectivity index (χ0n) is 11.7. The van der Waals surface area contributed by atoms with Gasteiger partial charge in [0.05, 0.1) is 0 Å². The summed E-state index contributed by atoms with van der Waals surface area (Å²) in [5.41, 5.74) is 9.01. The van der Waals surface area contributed by atoms with Crippen LogP contribution in [0.15, 0.2) is 24.3 Å². The lowest BCUT2D eigenvalue weighted by atomic mass is 9.95. The Bertz CT molecular complexity index is 350. The second-order valence-electron chi connectivity index (χ2n) is 5.50. The van der Waals surface area contributed by atoms with E-state index in [1.54, 1.807) is 0 Å². The number of hydrogen-bond acceptors (Lipinski definition) is 2. The van der Waals surface area contributed by atoms with Crippen LogP contribution in [0.3, 0.4) is 0 Å². The highest BCUT2D eigenvalue weighted by Crippen LogP contribution is 2.27. The molecule has 1 saturated heterocycles. The Morgan fingerprint density at radius 2 is 1.72 bits per heavy atom. The number of likely N-dealkylation sites (tertiary alicyclic amines) is 1. The highest BCUT2D eigenvalue weighted by molar-refractivity contribution is 5.26. The molecule has 100 valence electrons. The van der Waals surface area contributed by atoms with Gasteiger partial charge in [-0.05, 0) is 50.4 Å². The summed E-state index contributed by atoms with van der Waals surface area (Å²) in [4.78, 5) is 2.56. The van der Waals surface area contributed by atoms with Crippen LogP contribution >= 0.6 is 0 Å². The lowest BCUT2D eigenvalue weighted by molar-refractivity contribution is 0.146. The summed E-state index contributed by atoms with van der Waals surface area (Å²) in [6.45, 7) is 6.72. The SMILES string of the molecule is CCc1ccc(C(C(C)N)N2CCCCC2)cc1. The second kappa shape index (κ2) is 6.35. The number of hydrogen-bond donors (Lipinski definition) is 1. The summed E-state index contributed by atoms with van der Waals surface area (Å²) in [6.07, 6.45) is 5.11. The van der Waals surface area contributed by atoms with Gasteiger partial charge in [-0.1, -0.05) is 37.6 Å². The normalized spacial score (nSPS) is 20.6. The third kappa shape index (κ3) is 3.12. The molecular weight excluding hydrogens is 220 g/mol. The van der Waals surface area contributed by atoms with E-state index < -0.39 is 0 Å². The maximum absolute atomic E-state index is 6.23. The van der Waals surface area contributed by atoms with Gasteiger partial charge >= 0.3 is 0 Å². The van der Waals surface area contributed by atoms with Crippen molar-refractivity contribution in [2.24, 2.45) is 5.73 Å². The van der Waals surface area contributed by atoms with Gasteiger partial charge in [0.25, 0.3) is 0 Å². The minimum absolute atomic E-state index is 0.190. The van der Waals surface area contributed by atoms with E-state index in [4.69, 9.17) is 5.73 Å². The Morgan fingerprint density at radius 3 is 2.22 bits per heavy atom. The fourth-order valence-electron chi connectivity index (χ4n) is 2.99. The van der Waals surface area contributed by atoms with E-state index in [1.807, 2.05) is 0 Å². The molecule has 18 heavy (non-hydrogen) atoms. The average Bonchev–Trinajstić information content (AvgIpc) is 2.40. The van der Waals surface area contributed by atoms with Gasteiger partial charge in [0.15, 0.2) is 0 Å². The van der Waals surface area contributed by atoms with E-state index in [-0.39, 0.29) is 6.04 Å². The number of benzene rings is 1. The molecule has 0 spiro atoms. The minimum Gasteiger partial charge on any atom is -0.326 e.